The van der Waals surface area contributed by atoms with Crippen molar-refractivity contribution >= 4 is 33.3 Å². The molecule has 3 heterocycles. The Bertz CT molecular complexity index is 967. The van der Waals surface area contributed by atoms with E-state index in [0.29, 0.717) is 11.3 Å². The maximum Gasteiger partial charge on any atom is 0.263 e. The maximum atomic E-state index is 12.6. The van der Waals surface area contributed by atoms with Crippen molar-refractivity contribution in [3.8, 4) is 0 Å². The summed E-state index contributed by atoms with van der Waals surface area (Å²) in [6, 6.07) is 7.97. The number of nitrogens with zero attached hydrogens (tertiary/aromatic N) is 3. The molecule has 2 aliphatic rings. The summed E-state index contributed by atoms with van der Waals surface area (Å²) in [5, 5.41) is 10.9. The fourth-order valence-corrected chi connectivity index (χ4v) is 4.40. The van der Waals surface area contributed by atoms with Gasteiger partial charge in [0.05, 0.1) is 11.3 Å². The van der Waals surface area contributed by atoms with E-state index in [2.05, 4.69) is 32.1 Å². The minimum absolute atomic E-state index is 0.0913. The molecule has 8 nitrogen and oxygen atoms in total. The SMILES string of the molecule is CC1CCN(c2ccc(NS(=O)(=O)c3ccc4c(c3)CC(=O)N4)nn2)CC1. The van der Waals surface area contributed by atoms with E-state index in [9.17, 15) is 13.2 Å². The predicted molar refractivity (Wildman–Crippen MR) is 102 cm³/mol. The lowest BCUT2D eigenvalue weighted by molar-refractivity contribution is -0.115. The van der Waals surface area contributed by atoms with Crippen LogP contribution in [0.1, 0.15) is 25.3 Å². The quantitative estimate of drug-likeness (QED) is 0.832. The second-order valence-electron chi connectivity index (χ2n) is 7.10. The third kappa shape index (κ3) is 3.73. The largest absolute Gasteiger partial charge is 0.355 e. The molecule has 1 saturated heterocycles. The monoisotopic (exact) mass is 387 g/mol. The van der Waals surface area contributed by atoms with E-state index in [0.717, 1.165) is 37.7 Å². The van der Waals surface area contributed by atoms with Crippen molar-refractivity contribution in [2.45, 2.75) is 31.1 Å². The number of sulfonamides is 1. The first kappa shape index (κ1) is 17.7. The Morgan fingerprint density at radius 1 is 1.15 bits per heavy atom. The van der Waals surface area contributed by atoms with Gasteiger partial charge in [0.1, 0.15) is 0 Å². The van der Waals surface area contributed by atoms with E-state index in [1.165, 1.54) is 12.1 Å². The van der Waals surface area contributed by atoms with Crippen LogP contribution in [0.3, 0.4) is 0 Å². The first-order valence-electron chi connectivity index (χ1n) is 8.95. The summed E-state index contributed by atoms with van der Waals surface area (Å²) >= 11 is 0. The van der Waals surface area contributed by atoms with Crippen LogP contribution in [0, 0.1) is 5.92 Å². The summed E-state index contributed by atoms with van der Waals surface area (Å²) in [4.78, 5) is 13.7. The van der Waals surface area contributed by atoms with Gasteiger partial charge in [-0.3, -0.25) is 9.52 Å². The van der Waals surface area contributed by atoms with Gasteiger partial charge in [-0.2, -0.15) is 0 Å². The Balaban J connectivity index is 1.48. The molecule has 1 fully saturated rings. The van der Waals surface area contributed by atoms with Crippen LogP contribution in [0.25, 0.3) is 0 Å². The lowest BCUT2D eigenvalue weighted by atomic mass is 9.99. The van der Waals surface area contributed by atoms with Crippen LogP contribution in [0.5, 0.6) is 0 Å². The Labute approximate surface area is 158 Å². The average molecular weight is 387 g/mol. The van der Waals surface area contributed by atoms with Crippen molar-refractivity contribution in [1.29, 1.82) is 0 Å². The molecule has 0 radical (unpaired) electrons. The molecule has 2 aromatic rings. The first-order chi connectivity index (χ1) is 12.9. The van der Waals surface area contributed by atoms with Gasteiger partial charge >= 0.3 is 0 Å². The number of anilines is 3. The molecule has 2 N–H and O–H groups in total. The van der Waals surface area contributed by atoms with Crippen molar-refractivity contribution in [3.05, 3.63) is 35.9 Å². The lowest BCUT2D eigenvalue weighted by Crippen LogP contribution is -2.33. The summed E-state index contributed by atoms with van der Waals surface area (Å²) < 4.78 is 27.7. The molecule has 0 atom stereocenters. The zero-order valence-electron chi connectivity index (χ0n) is 15.0. The zero-order valence-corrected chi connectivity index (χ0v) is 15.8. The van der Waals surface area contributed by atoms with E-state index < -0.39 is 10.0 Å². The number of nitrogens with one attached hydrogen (secondary N) is 2. The average Bonchev–Trinajstić information content (AvgIpc) is 3.02. The van der Waals surface area contributed by atoms with Gasteiger partial charge in [-0.1, -0.05) is 6.92 Å². The van der Waals surface area contributed by atoms with E-state index in [1.54, 1.807) is 18.2 Å². The van der Waals surface area contributed by atoms with Gasteiger partial charge in [0.2, 0.25) is 5.91 Å². The van der Waals surface area contributed by atoms with E-state index >= 15 is 0 Å². The molecule has 0 aliphatic carbocycles. The number of fused-ring (bicyclic) bond motifs is 1. The molecule has 0 spiro atoms. The topological polar surface area (TPSA) is 104 Å². The number of rotatable bonds is 4. The van der Waals surface area contributed by atoms with Crippen LogP contribution in [0.4, 0.5) is 17.3 Å². The summed E-state index contributed by atoms with van der Waals surface area (Å²) in [5.41, 5.74) is 1.32. The van der Waals surface area contributed by atoms with Crippen molar-refractivity contribution < 1.29 is 13.2 Å². The molecule has 1 aromatic heterocycles. The molecule has 9 heteroatoms. The van der Waals surface area contributed by atoms with Crippen molar-refractivity contribution in [2.75, 3.05) is 28.0 Å². The van der Waals surface area contributed by atoms with Gasteiger partial charge < -0.3 is 10.2 Å². The number of aromatic nitrogens is 2. The summed E-state index contributed by atoms with van der Waals surface area (Å²) in [6.07, 6.45) is 2.42. The number of carbonyl (C=O) groups is 1. The van der Waals surface area contributed by atoms with Crippen molar-refractivity contribution in [2.24, 2.45) is 5.92 Å². The smallest absolute Gasteiger partial charge is 0.263 e. The van der Waals surface area contributed by atoms with Gasteiger partial charge in [-0.15, -0.1) is 10.2 Å². The number of hydrogen-bond donors (Lipinski definition) is 2. The van der Waals surface area contributed by atoms with Gasteiger partial charge in [0.15, 0.2) is 11.6 Å². The molecule has 1 aromatic carbocycles. The number of amides is 1. The molecular weight excluding hydrogens is 366 g/mol. The highest BCUT2D eigenvalue weighted by Crippen LogP contribution is 2.27. The minimum Gasteiger partial charge on any atom is -0.355 e. The van der Waals surface area contributed by atoms with Crippen LogP contribution in [-0.4, -0.2) is 37.6 Å². The molecule has 1 amide bonds. The normalized spacial score (nSPS) is 17.5. The van der Waals surface area contributed by atoms with Crippen LogP contribution in [0.15, 0.2) is 35.2 Å². The predicted octanol–water partition coefficient (Wildman–Crippen LogP) is 2.01. The highest BCUT2D eigenvalue weighted by molar-refractivity contribution is 7.92. The molecule has 142 valence electrons. The van der Waals surface area contributed by atoms with E-state index in [1.807, 2.05) is 0 Å². The second kappa shape index (κ2) is 6.80. The molecule has 0 bridgehead atoms. The van der Waals surface area contributed by atoms with Gasteiger partial charge in [-0.05, 0) is 54.7 Å². The molecule has 2 aliphatic heterocycles. The summed E-state index contributed by atoms with van der Waals surface area (Å²) in [6.45, 7) is 4.11. The Morgan fingerprint density at radius 3 is 2.63 bits per heavy atom. The number of benzene rings is 1. The highest BCUT2D eigenvalue weighted by Gasteiger charge is 2.23. The third-order valence-corrected chi connectivity index (χ3v) is 6.36. The van der Waals surface area contributed by atoms with E-state index in [-0.39, 0.29) is 23.0 Å². The molecule has 0 unspecified atom stereocenters. The zero-order chi connectivity index (χ0) is 19.0. The highest BCUT2D eigenvalue weighted by atomic mass is 32.2. The molecular formula is C18H21N5O3S. The number of hydrogen-bond acceptors (Lipinski definition) is 6. The second-order valence-corrected chi connectivity index (χ2v) is 8.78. The van der Waals surface area contributed by atoms with Gasteiger partial charge in [0.25, 0.3) is 10.0 Å². The fraction of sp³-hybridized carbons (Fsp3) is 0.389. The first-order valence-corrected chi connectivity index (χ1v) is 10.4. The Kier molecular flexibility index (Phi) is 4.47. The van der Waals surface area contributed by atoms with Crippen LogP contribution >= 0.6 is 0 Å². The van der Waals surface area contributed by atoms with Crippen LogP contribution in [0.2, 0.25) is 0 Å². The van der Waals surface area contributed by atoms with Crippen LogP contribution < -0.4 is 14.9 Å². The minimum atomic E-state index is -3.80. The van der Waals surface area contributed by atoms with Crippen molar-refractivity contribution in [1.82, 2.24) is 10.2 Å². The van der Waals surface area contributed by atoms with E-state index in [4.69, 9.17) is 0 Å². The Morgan fingerprint density at radius 2 is 1.93 bits per heavy atom. The lowest BCUT2D eigenvalue weighted by Gasteiger charge is -2.30. The number of piperidine rings is 1. The number of carbonyl (C=O) groups excluding carboxylic acids is 1. The summed E-state index contributed by atoms with van der Waals surface area (Å²) in [7, 11) is -3.80. The fourth-order valence-electron chi connectivity index (χ4n) is 3.36. The molecule has 4 rings (SSSR count). The molecule has 27 heavy (non-hydrogen) atoms. The third-order valence-electron chi connectivity index (χ3n) is 5.01. The summed E-state index contributed by atoms with van der Waals surface area (Å²) in [5.74, 6) is 1.50. The molecule has 0 saturated carbocycles. The van der Waals surface area contributed by atoms with Gasteiger partial charge in [-0.25, -0.2) is 8.42 Å². The Hall–Kier alpha value is -2.68. The van der Waals surface area contributed by atoms with Crippen molar-refractivity contribution in [3.63, 3.8) is 0 Å². The standard InChI is InChI=1S/C18H21N5O3S/c1-12-6-8-23(9-7-12)17-5-4-16(20-21-17)22-27(25,26)14-2-3-15-13(10-14)11-18(24)19-15/h2-5,10,12H,6-9,11H2,1H3,(H,19,24)(H,20,22). The van der Waals surface area contributed by atoms with Gasteiger partial charge in [0, 0.05) is 18.8 Å². The van der Waals surface area contributed by atoms with Crippen LogP contribution in [-0.2, 0) is 21.2 Å². The maximum absolute atomic E-state index is 12.6.